The Morgan fingerprint density at radius 1 is 1.39 bits per heavy atom. The number of rotatable bonds is 3. The number of pyridine rings is 1. The normalized spacial score (nSPS) is 10.4. The van der Waals surface area contributed by atoms with E-state index in [0.717, 1.165) is 0 Å². The molecule has 2 rings (SSSR count). The molecule has 0 amide bonds. The molecule has 2 nitrogen and oxygen atoms in total. The molecule has 0 N–H and O–H groups in total. The van der Waals surface area contributed by atoms with Crippen molar-refractivity contribution in [3.05, 3.63) is 63.1 Å². The lowest BCUT2D eigenvalue weighted by molar-refractivity contribution is 0.0987. The van der Waals surface area contributed by atoms with E-state index in [1.807, 2.05) is 0 Å². The summed E-state index contributed by atoms with van der Waals surface area (Å²) in [7, 11) is 0. The van der Waals surface area contributed by atoms with Gasteiger partial charge >= 0.3 is 0 Å². The second-order valence-electron chi connectivity index (χ2n) is 3.68. The Balaban J connectivity index is 2.22. The first kappa shape index (κ1) is 13.2. The number of nitrogens with zero attached hydrogens (tertiary/aromatic N) is 1. The van der Waals surface area contributed by atoms with E-state index < -0.39 is 5.82 Å². The number of ketones is 1. The second kappa shape index (κ2) is 5.59. The summed E-state index contributed by atoms with van der Waals surface area (Å²) in [5.41, 5.74) is 1.02. The molecule has 0 aliphatic carbocycles. The Bertz CT molecular complexity index is 603. The molecule has 0 atom stereocenters. The number of carbonyl (C=O) groups is 1. The van der Waals surface area contributed by atoms with Crippen molar-refractivity contribution in [2.24, 2.45) is 0 Å². The van der Waals surface area contributed by atoms with Crippen LogP contribution in [0.25, 0.3) is 0 Å². The molecule has 0 fully saturated rings. The van der Waals surface area contributed by atoms with Gasteiger partial charge in [0.2, 0.25) is 0 Å². The van der Waals surface area contributed by atoms with Crippen LogP contribution in [0.5, 0.6) is 0 Å². The molecular weight excluding hydrogens is 321 g/mol. The van der Waals surface area contributed by atoms with Gasteiger partial charge in [-0.05, 0) is 45.8 Å². The molecule has 5 heteroatoms. The fourth-order valence-corrected chi connectivity index (χ4v) is 2.19. The van der Waals surface area contributed by atoms with Crippen molar-refractivity contribution in [3.8, 4) is 0 Å². The fraction of sp³-hybridized carbons (Fsp3) is 0.0769. The van der Waals surface area contributed by atoms with E-state index in [9.17, 15) is 9.18 Å². The van der Waals surface area contributed by atoms with Gasteiger partial charge in [0, 0.05) is 17.1 Å². The third kappa shape index (κ3) is 2.94. The number of halogens is 3. The highest BCUT2D eigenvalue weighted by Crippen LogP contribution is 2.19. The summed E-state index contributed by atoms with van der Waals surface area (Å²) < 4.78 is 13.6. The molecule has 18 heavy (non-hydrogen) atoms. The summed E-state index contributed by atoms with van der Waals surface area (Å²) in [6.07, 6.45) is 1.69. The lowest BCUT2D eigenvalue weighted by Crippen LogP contribution is -2.06. The zero-order valence-electron chi connectivity index (χ0n) is 9.16. The molecular formula is C13H8BrClFNO. The van der Waals surface area contributed by atoms with Crippen LogP contribution in [0.4, 0.5) is 4.39 Å². The highest BCUT2D eigenvalue weighted by molar-refractivity contribution is 9.10. The second-order valence-corrected chi connectivity index (χ2v) is 4.94. The van der Waals surface area contributed by atoms with Gasteiger partial charge in [-0.25, -0.2) is 4.39 Å². The van der Waals surface area contributed by atoms with Crippen LogP contribution in [0.3, 0.4) is 0 Å². The smallest absolute Gasteiger partial charge is 0.186 e. The van der Waals surface area contributed by atoms with E-state index >= 15 is 0 Å². The molecule has 2 aromatic rings. The minimum Gasteiger partial charge on any atom is -0.292 e. The topological polar surface area (TPSA) is 30.0 Å². The molecule has 0 aliphatic rings. The van der Waals surface area contributed by atoms with Crippen LogP contribution in [-0.4, -0.2) is 10.8 Å². The van der Waals surface area contributed by atoms with E-state index in [1.54, 1.807) is 18.3 Å². The van der Waals surface area contributed by atoms with Crippen LogP contribution in [0.2, 0.25) is 5.02 Å². The first-order valence-electron chi connectivity index (χ1n) is 5.15. The summed E-state index contributed by atoms with van der Waals surface area (Å²) in [5, 5.41) is 0.0142. The number of hydrogen-bond acceptors (Lipinski definition) is 2. The molecule has 0 bridgehead atoms. The highest BCUT2D eigenvalue weighted by Gasteiger charge is 2.12. The molecule has 92 valence electrons. The maximum Gasteiger partial charge on any atom is 0.186 e. The van der Waals surface area contributed by atoms with Crippen molar-refractivity contribution < 1.29 is 9.18 Å². The molecule has 0 unspecified atom stereocenters. The van der Waals surface area contributed by atoms with E-state index in [1.165, 1.54) is 18.2 Å². The summed E-state index contributed by atoms with van der Waals surface area (Å²) in [5.74, 6) is -0.642. The SMILES string of the molecule is O=C(Cc1ccc(F)c(Cl)c1)c1ncccc1Br. The molecule has 1 aromatic heterocycles. The Kier molecular flexibility index (Phi) is 4.09. The van der Waals surface area contributed by atoms with Crippen molar-refractivity contribution in [3.63, 3.8) is 0 Å². The van der Waals surface area contributed by atoms with Crippen LogP contribution in [-0.2, 0) is 6.42 Å². The minimum absolute atomic E-state index is 0.0142. The monoisotopic (exact) mass is 327 g/mol. The lowest BCUT2D eigenvalue weighted by Gasteiger charge is -2.03. The van der Waals surface area contributed by atoms with Crippen molar-refractivity contribution >= 4 is 33.3 Å². The molecule has 0 saturated carbocycles. The van der Waals surface area contributed by atoms with Crippen LogP contribution in [0.1, 0.15) is 16.1 Å². The highest BCUT2D eigenvalue weighted by atomic mass is 79.9. The average Bonchev–Trinajstić information content (AvgIpc) is 2.34. The zero-order valence-corrected chi connectivity index (χ0v) is 11.5. The van der Waals surface area contributed by atoms with Crippen LogP contribution in [0.15, 0.2) is 41.0 Å². The minimum atomic E-state index is -0.494. The Morgan fingerprint density at radius 3 is 2.83 bits per heavy atom. The van der Waals surface area contributed by atoms with Gasteiger partial charge < -0.3 is 0 Å². The number of benzene rings is 1. The van der Waals surface area contributed by atoms with Crippen molar-refractivity contribution in [1.82, 2.24) is 4.98 Å². The van der Waals surface area contributed by atoms with E-state index in [0.29, 0.717) is 15.7 Å². The first-order chi connectivity index (χ1) is 8.58. The maximum atomic E-state index is 13.0. The van der Waals surface area contributed by atoms with Crippen molar-refractivity contribution in [2.75, 3.05) is 0 Å². The van der Waals surface area contributed by atoms with E-state index in [2.05, 4.69) is 20.9 Å². The van der Waals surface area contributed by atoms with Gasteiger partial charge in [-0.1, -0.05) is 17.7 Å². The van der Waals surface area contributed by atoms with Gasteiger partial charge in [-0.3, -0.25) is 9.78 Å². The van der Waals surface area contributed by atoms with Crippen LogP contribution in [0, 0.1) is 5.82 Å². The number of carbonyl (C=O) groups excluding carboxylic acids is 1. The molecule has 1 heterocycles. The van der Waals surface area contributed by atoms with Crippen LogP contribution < -0.4 is 0 Å². The fourth-order valence-electron chi connectivity index (χ4n) is 1.51. The van der Waals surface area contributed by atoms with E-state index in [4.69, 9.17) is 11.6 Å². The van der Waals surface area contributed by atoms with Crippen LogP contribution >= 0.6 is 27.5 Å². The zero-order chi connectivity index (χ0) is 13.1. The summed E-state index contributed by atoms with van der Waals surface area (Å²) >= 11 is 8.93. The third-order valence-electron chi connectivity index (χ3n) is 2.37. The average molecular weight is 329 g/mol. The maximum absolute atomic E-state index is 13.0. The Labute approximate surface area is 117 Å². The summed E-state index contributed by atoms with van der Waals surface area (Å²) in [6, 6.07) is 7.72. The quantitative estimate of drug-likeness (QED) is 0.795. The molecule has 0 aliphatic heterocycles. The molecule has 0 spiro atoms. The predicted octanol–water partition coefficient (Wildman–Crippen LogP) is 4.06. The van der Waals surface area contributed by atoms with Crippen molar-refractivity contribution in [1.29, 1.82) is 0 Å². The van der Waals surface area contributed by atoms with Gasteiger partial charge in [-0.2, -0.15) is 0 Å². The van der Waals surface area contributed by atoms with Gasteiger partial charge in [0.05, 0.1) is 5.02 Å². The summed E-state index contributed by atoms with van der Waals surface area (Å²) in [4.78, 5) is 16.0. The van der Waals surface area contributed by atoms with Gasteiger partial charge in [0.1, 0.15) is 11.5 Å². The summed E-state index contributed by atoms with van der Waals surface area (Å²) in [6.45, 7) is 0. The van der Waals surface area contributed by atoms with Gasteiger partial charge in [0.25, 0.3) is 0 Å². The molecule has 1 aromatic carbocycles. The number of hydrogen-bond donors (Lipinski definition) is 0. The number of aromatic nitrogens is 1. The number of Topliss-reactive ketones (excluding diaryl/α,β-unsaturated/α-hetero) is 1. The van der Waals surface area contributed by atoms with Crippen molar-refractivity contribution in [2.45, 2.75) is 6.42 Å². The largest absolute Gasteiger partial charge is 0.292 e. The Hall–Kier alpha value is -1.26. The third-order valence-corrected chi connectivity index (χ3v) is 3.30. The lowest BCUT2D eigenvalue weighted by atomic mass is 10.1. The van der Waals surface area contributed by atoms with E-state index in [-0.39, 0.29) is 17.2 Å². The Morgan fingerprint density at radius 2 is 2.17 bits per heavy atom. The standard InChI is InChI=1S/C13H8BrClFNO/c14-9-2-1-5-17-13(9)12(18)7-8-3-4-11(16)10(15)6-8/h1-6H,7H2. The molecule has 0 radical (unpaired) electrons. The predicted molar refractivity (Wildman–Crippen MR) is 71.4 cm³/mol. The first-order valence-corrected chi connectivity index (χ1v) is 6.32. The van der Waals surface area contributed by atoms with Gasteiger partial charge in [0.15, 0.2) is 5.78 Å². The molecule has 0 saturated heterocycles. The van der Waals surface area contributed by atoms with Gasteiger partial charge in [-0.15, -0.1) is 0 Å².